The molecule has 0 radical (unpaired) electrons. The Morgan fingerprint density at radius 2 is 1.88 bits per heavy atom. The molecule has 0 spiro atoms. The van der Waals surface area contributed by atoms with Crippen LogP contribution in [0.15, 0.2) is 28.7 Å². The molecule has 0 fully saturated rings. The Morgan fingerprint density at radius 3 is 2.25 bits per heavy atom. The van der Waals surface area contributed by atoms with Gasteiger partial charge in [-0.3, -0.25) is 0 Å². The number of nitrogens with two attached hydrogens (primary N) is 1. The van der Waals surface area contributed by atoms with Gasteiger partial charge in [-0.25, -0.2) is 8.42 Å². The molecule has 1 aromatic carbocycles. The summed E-state index contributed by atoms with van der Waals surface area (Å²) >= 11 is 3.28. The maximum atomic E-state index is 11.4. The summed E-state index contributed by atoms with van der Waals surface area (Å²) in [5.74, 6) is 0. The average Bonchev–Trinajstić information content (AvgIpc) is 2.17. The van der Waals surface area contributed by atoms with E-state index in [-0.39, 0.29) is 0 Å². The number of rotatable bonds is 4. The standard InChI is InChI=1S/C10H14BrNO3S/c1-16(14,15)9(6-13)10(12)7-2-4-8(11)5-3-7/h2-5,9-10,13H,6,12H2,1H3/t9-,10-/m0/s1. The van der Waals surface area contributed by atoms with Crippen molar-refractivity contribution in [2.75, 3.05) is 12.9 Å². The van der Waals surface area contributed by atoms with Gasteiger partial charge in [0.05, 0.1) is 6.61 Å². The Bertz CT molecular complexity index is 444. The fraction of sp³-hybridized carbons (Fsp3) is 0.400. The first-order chi connectivity index (χ1) is 7.36. The quantitative estimate of drug-likeness (QED) is 0.864. The van der Waals surface area contributed by atoms with E-state index in [9.17, 15) is 8.42 Å². The summed E-state index contributed by atoms with van der Waals surface area (Å²) < 4.78 is 23.7. The lowest BCUT2D eigenvalue weighted by atomic mass is 10.1. The molecule has 0 saturated carbocycles. The van der Waals surface area contributed by atoms with Gasteiger partial charge < -0.3 is 10.8 Å². The third kappa shape index (κ3) is 3.28. The average molecular weight is 308 g/mol. The third-order valence-corrected chi connectivity index (χ3v) is 4.46. The Labute approximate surface area is 104 Å². The van der Waals surface area contributed by atoms with Crippen LogP contribution in [0, 0.1) is 0 Å². The first kappa shape index (κ1) is 13.6. The number of hydrogen-bond donors (Lipinski definition) is 2. The van der Waals surface area contributed by atoms with Gasteiger partial charge in [-0.2, -0.15) is 0 Å². The van der Waals surface area contributed by atoms with Crippen molar-refractivity contribution in [2.24, 2.45) is 5.73 Å². The second kappa shape index (κ2) is 5.27. The summed E-state index contributed by atoms with van der Waals surface area (Å²) in [6.45, 7) is -0.476. The van der Waals surface area contributed by atoms with E-state index in [2.05, 4.69) is 15.9 Å². The largest absolute Gasteiger partial charge is 0.395 e. The highest BCUT2D eigenvalue weighted by atomic mass is 79.9. The summed E-state index contributed by atoms with van der Waals surface area (Å²) in [5.41, 5.74) is 6.52. The van der Waals surface area contributed by atoms with E-state index in [0.717, 1.165) is 10.7 Å². The fourth-order valence-corrected chi connectivity index (χ4v) is 2.64. The van der Waals surface area contributed by atoms with Crippen molar-refractivity contribution >= 4 is 25.8 Å². The molecule has 0 aromatic heterocycles. The lowest BCUT2D eigenvalue weighted by Gasteiger charge is -2.20. The molecule has 0 aliphatic rings. The van der Waals surface area contributed by atoms with Crippen LogP contribution in [0.4, 0.5) is 0 Å². The molecule has 3 N–H and O–H groups in total. The van der Waals surface area contributed by atoms with E-state index < -0.39 is 27.7 Å². The highest BCUT2D eigenvalue weighted by Gasteiger charge is 2.27. The second-order valence-electron chi connectivity index (χ2n) is 3.63. The topological polar surface area (TPSA) is 80.4 Å². The molecule has 0 aliphatic carbocycles. The smallest absolute Gasteiger partial charge is 0.154 e. The van der Waals surface area contributed by atoms with E-state index in [0.29, 0.717) is 5.56 Å². The van der Waals surface area contributed by atoms with Crippen LogP contribution in [0.3, 0.4) is 0 Å². The molecule has 2 atom stereocenters. The number of halogens is 1. The Morgan fingerprint density at radius 1 is 1.38 bits per heavy atom. The highest BCUT2D eigenvalue weighted by molar-refractivity contribution is 9.10. The molecule has 16 heavy (non-hydrogen) atoms. The van der Waals surface area contributed by atoms with Crippen molar-refractivity contribution in [3.05, 3.63) is 34.3 Å². The second-order valence-corrected chi connectivity index (χ2v) is 6.81. The first-order valence-electron chi connectivity index (χ1n) is 4.67. The van der Waals surface area contributed by atoms with Crippen molar-refractivity contribution in [1.82, 2.24) is 0 Å². The molecule has 1 rings (SSSR count). The predicted octanol–water partition coefficient (Wildman–Crippen LogP) is 0.854. The number of sulfone groups is 1. The lowest BCUT2D eigenvalue weighted by Crippen LogP contribution is -2.36. The number of benzene rings is 1. The van der Waals surface area contributed by atoms with E-state index in [1.165, 1.54) is 0 Å². The number of hydrogen-bond acceptors (Lipinski definition) is 4. The first-order valence-corrected chi connectivity index (χ1v) is 7.42. The van der Waals surface area contributed by atoms with Crippen LogP contribution in [-0.4, -0.2) is 31.6 Å². The molecular weight excluding hydrogens is 294 g/mol. The summed E-state index contributed by atoms with van der Waals surface area (Å²) in [6, 6.07) is 6.33. The normalized spacial score (nSPS) is 15.8. The van der Waals surface area contributed by atoms with Gasteiger partial charge in [-0.1, -0.05) is 28.1 Å². The van der Waals surface area contributed by atoms with Crippen molar-refractivity contribution in [3.63, 3.8) is 0 Å². The summed E-state index contributed by atoms with van der Waals surface area (Å²) in [5, 5.41) is 8.12. The Kier molecular flexibility index (Phi) is 4.49. The van der Waals surface area contributed by atoms with Crippen molar-refractivity contribution in [2.45, 2.75) is 11.3 Å². The van der Waals surface area contributed by atoms with Gasteiger partial charge in [-0.05, 0) is 17.7 Å². The zero-order valence-electron chi connectivity index (χ0n) is 8.80. The Balaban J connectivity index is 3.00. The van der Waals surface area contributed by atoms with E-state index in [1.807, 2.05) is 0 Å². The van der Waals surface area contributed by atoms with E-state index in [4.69, 9.17) is 10.8 Å². The third-order valence-electron chi connectivity index (χ3n) is 2.39. The molecule has 0 saturated heterocycles. The maximum absolute atomic E-state index is 11.4. The van der Waals surface area contributed by atoms with Crippen LogP contribution in [0.5, 0.6) is 0 Å². The molecule has 0 heterocycles. The highest BCUT2D eigenvalue weighted by Crippen LogP contribution is 2.21. The van der Waals surface area contributed by atoms with Crippen LogP contribution in [-0.2, 0) is 9.84 Å². The molecule has 0 aliphatic heterocycles. The van der Waals surface area contributed by atoms with Crippen molar-refractivity contribution < 1.29 is 13.5 Å². The van der Waals surface area contributed by atoms with Gasteiger partial charge in [0.25, 0.3) is 0 Å². The molecule has 4 nitrogen and oxygen atoms in total. The van der Waals surface area contributed by atoms with E-state index in [1.54, 1.807) is 24.3 Å². The molecule has 90 valence electrons. The summed E-state index contributed by atoms with van der Waals surface area (Å²) in [4.78, 5) is 0. The van der Waals surface area contributed by atoms with Gasteiger partial charge in [0.2, 0.25) is 0 Å². The molecule has 6 heteroatoms. The molecular formula is C10H14BrNO3S. The monoisotopic (exact) mass is 307 g/mol. The van der Waals surface area contributed by atoms with Crippen LogP contribution in [0.1, 0.15) is 11.6 Å². The molecule has 0 unspecified atom stereocenters. The SMILES string of the molecule is CS(=O)(=O)[C@@H](CO)[C@@H](N)c1ccc(Br)cc1. The zero-order chi connectivity index (χ0) is 12.3. The number of aliphatic hydroxyl groups is 1. The molecule has 0 bridgehead atoms. The molecule has 1 aromatic rings. The maximum Gasteiger partial charge on any atom is 0.154 e. The minimum Gasteiger partial charge on any atom is -0.395 e. The van der Waals surface area contributed by atoms with Gasteiger partial charge in [0.15, 0.2) is 9.84 Å². The summed E-state index contributed by atoms with van der Waals surface area (Å²) in [6.07, 6.45) is 1.08. The minimum atomic E-state index is -3.36. The summed E-state index contributed by atoms with van der Waals surface area (Å²) in [7, 11) is -3.36. The van der Waals surface area contributed by atoms with Gasteiger partial charge in [0.1, 0.15) is 5.25 Å². The van der Waals surface area contributed by atoms with Crippen LogP contribution < -0.4 is 5.73 Å². The van der Waals surface area contributed by atoms with Gasteiger partial charge in [-0.15, -0.1) is 0 Å². The van der Waals surface area contributed by atoms with Crippen LogP contribution >= 0.6 is 15.9 Å². The Hall–Kier alpha value is -0.430. The van der Waals surface area contributed by atoms with Gasteiger partial charge in [0, 0.05) is 16.8 Å². The fourth-order valence-electron chi connectivity index (χ4n) is 1.41. The number of aliphatic hydroxyl groups excluding tert-OH is 1. The van der Waals surface area contributed by atoms with E-state index >= 15 is 0 Å². The molecule has 0 amide bonds. The van der Waals surface area contributed by atoms with Gasteiger partial charge >= 0.3 is 0 Å². The van der Waals surface area contributed by atoms with Crippen LogP contribution in [0.25, 0.3) is 0 Å². The van der Waals surface area contributed by atoms with Crippen molar-refractivity contribution in [3.8, 4) is 0 Å². The predicted molar refractivity (Wildman–Crippen MR) is 66.8 cm³/mol. The minimum absolute atomic E-state index is 0.476. The lowest BCUT2D eigenvalue weighted by molar-refractivity contribution is 0.278. The van der Waals surface area contributed by atoms with Crippen molar-refractivity contribution in [1.29, 1.82) is 0 Å². The van der Waals surface area contributed by atoms with Crippen LogP contribution in [0.2, 0.25) is 0 Å². The zero-order valence-corrected chi connectivity index (χ0v) is 11.2.